The molecule has 1 heterocycles. The van der Waals surface area contributed by atoms with E-state index in [9.17, 15) is 9.18 Å². The van der Waals surface area contributed by atoms with Gasteiger partial charge in [0.1, 0.15) is 11.6 Å². The van der Waals surface area contributed by atoms with Crippen molar-refractivity contribution in [3.63, 3.8) is 0 Å². The summed E-state index contributed by atoms with van der Waals surface area (Å²) < 4.78 is 18.7. The molecule has 6 heteroatoms. The highest BCUT2D eigenvalue weighted by Gasteiger charge is 2.09. The lowest BCUT2D eigenvalue weighted by Gasteiger charge is -2.08. The number of benzene rings is 2. The van der Waals surface area contributed by atoms with Crippen LogP contribution in [-0.2, 0) is 0 Å². The normalized spacial score (nSPS) is 10.2. The highest BCUT2D eigenvalue weighted by Crippen LogP contribution is 2.22. The predicted octanol–water partition coefficient (Wildman–Crippen LogP) is 4.92. The SMILES string of the molecule is O=C(Nc1ccc(F)c(Cl)c1)c1cccc(Oc2ccccn2)c1. The third kappa shape index (κ3) is 3.88. The van der Waals surface area contributed by atoms with E-state index in [0.717, 1.165) is 0 Å². The van der Waals surface area contributed by atoms with Crippen molar-refractivity contribution in [2.24, 2.45) is 0 Å². The molecule has 2 aromatic carbocycles. The minimum Gasteiger partial charge on any atom is -0.439 e. The molecule has 1 N–H and O–H groups in total. The Morgan fingerprint density at radius 3 is 2.71 bits per heavy atom. The number of pyridine rings is 1. The Kier molecular flexibility index (Phi) is 4.72. The summed E-state index contributed by atoms with van der Waals surface area (Å²) in [5, 5.41) is 2.60. The van der Waals surface area contributed by atoms with Gasteiger partial charge < -0.3 is 10.1 Å². The Labute approximate surface area is 142 Å². The summed E-state index contributed by atoms with van der Waals surface area (Å²) in [4.78, 5) is 16.4. The molecule has 24 heavy (non-hydrogen) atoms. The summed E-state index contributed by atoms with van der Waals surface area (Å²) in [7, 11) is 0. The standard InChI is InChI=1S/C18H12ClFN2O2/c19-15-11-13(7-8-16(15)20)22-18(23)12-4-3-5-14(10-12)24-17-6-1-2-9-21-17/h1-11H,(H,22,23). The molecular formula is C18H12ClFN2O2. The lowest BCUT2D eigenvalue weighted by Crippen LogP contribution is -2.11. The van der Waals surface area contributed by atoms with Crippen LogP contribution in [0.4, 0.5) is 10.1 Å². The number of nitrogens with zero attached hydrogens (tertiary/aromatic N) is 1. The average molecular weight is 343 g/mol. The van der Waals surface area contributed by atoms with Gasteiger partial charge >= 0.3 is 0 Å². The number of aromatic nitrogens is 1. The van der Waals surface area contributed by atoms with Gasteiger partial charge in [-0.25, -0.2) is 9.37 Å². The number of rotatable bonds is 4. The smallest absolute Gasteiger partial charge is 0.255 e. The van der Waals surface area contributed by atoms with Crippen LogP contribution in [0.5, 0.6) is 11.6 Å². The van der Waals surface area contributed by atoms with Crippen molar-refractivity contribution in [1.29, 1.82) is 0 Å². The Balaban J connectivity index is 1.75. The van der Waals surface area contributed by atoms with E-state index >= 15 is 0 Å². The van der Waals surface area contributed by atoms with Crippen molar-refractivity contribution >= 4 is 23.2 Å². The summed E-state index contributed by atoms with van der Waals surface area (Å²) in [6.07, 6.45) is 1.62. The summed E-state index contributed by atoms with van der Waals surface area (Å²) in [5.74, 6) is 0.0171. The maximum absolute atomic E-state index is 13.2. The lowest BCUT2D eigenvalue weighted by molar-refractivity contribution is 0.102. The van der Waals surface area contributed by atoms with Crippen LogP contribution in [0.2, 0.25) is 5.02 Å². The molecule has 0 unspecified atom stereocenters. The Morgan fingerprint density at radius 1 is 1.08 bits per heavy atom. The summed E-state index contributed by atoms with van der Waals surface area (Å²) in [6, 6.07) is 15.9. The molecule has 0 saturated heterocycles. The lowest BCUT2D eigenvalue weighted by atomic mass is 10.2. The second-order valence-electron chi connectivity index (χ2n) is 4.88. The summed E-state index contributed by atoms with van der Waals surface area (Å²) in [5.41, 5.74) is 0.798. The second kappa shape index (κ2) is 7.10. The first-order valence-corrected chi connectivity index (χ1v) is 7.45. The molecule has 0 aliphatic heterocycles. The van der Waals surface area contributed by atoms with Gasteiger partial charge in [0.25, 0.3) is 5.91 Å². The molecule has 3 aromatic rings. The molecule has 0 radical (unpaired) electrons. The highest BCUT2D eigenvalue weighted by atomic mass is 35.5. The largest absolute Gasteiger partial charge is 0.439 e. The molecular weight excluding hydrogens is 331 g/mol. The van der Waals surface area contributed by atoms with E-state index in [4.69, 9.17) is 16.3 Å². The number of hydrogen-bond acceptors (Lipinski definition) is 3. The molecule has 0 fully saturated rings. The summed E-state index contributed by atoms with van der Waals surface area (Å²) >= 11 is 5.71. The molecule has 0 aliphatic carbocycles. The van der Waals surface area contributed by atoms with Gasteiger partial charge in [-0.05, 0) is 42.5 Å². The van der Waals surface area contributed by atoms with E-state index < -0.39 is 5.82 Å². The van der Waals surface area contributed by atoms with Gasteiger partial charge in [-0.15, -0.1) is 0 Å². The number of carbonyl (C=O) groups excluding carboxylic acids is 1. The van der Waals surface area contributed by atoms with E-state index in [1.54, 1.807) is 48.7 Å². The van der Waals surface area contributed by atoms with Gasteiger partial charge in [-0.2, -0.15) is 0 Å². The van der Waals surface area contributed by atoms with Crippen LogP contribution < -0.4 is 10.1 Å². The van der Waals surface area contributed by atoms with Gasteiger partial charge in [0.15, 0.2) is 0 Å². The van der Waals surface area contributed by atoms with E-state index in [1.165, 1.54) is 18.2 Å². The third-order valence-corrected chi connectivity index (χ3v) is 3.42. The van der Waals surface area contributed by atoms with E-state index in [1.807, 2.05) is 0 Å². The number of nitrogens with one attached hydrogen (secondary N) is 1. The van der Waals surface area contributed by atoms with E-state index in [0.29, 0.717) is 22.9 Å². The predicted molar refractivity (Wildman–Crippen MR) is 90.1 cm³/mol. The second-order valence-corrected chi connectivity index (χ2v) is 5.29. The van der Waals surface area contributed by atoms with Crippen LogP contribution in [0, 0.1) is 5.82 Å². The van der Waals surface area contributed by atoms with Crippen LogP contribution in [0.1, 0.15) is 10.4 Å². The molecule has 120 valence electrons. The molecule has 0 spiro atoms. The van der Waals surface area contributed by atoms with Crippen molar-refractivity contribution in [2.45, 2.75) is 0 Å². The molecule has 0 atom stereocenters. The van der Waals surface area contributed by atoms with Crippen molar-refractivity contribution in [2.75, 3.05) is 5.32 Å². The first-order valence-electron chi connectivity index (χ1n) is 7.07. The topological polar surface area (TPSA) is 51.2 Å². The molecule has 3 rings (SSSR count). The summed E-state index contributed by atoms with van der Waals surface area (Å²) in [6.45, 7) is 0. The van der Waals surface area contributed by atoms with E-state index in [-0.39, 0.29) is 10.9 Å². The molecule has 0 saturated carbocycles. The monoisotopic (exact) mass is 342 g/mol. The van der Waals surface area contributed by atoms with Crippen LogP contribution in [0.3, 0.4) is 0 Å². The quantitative estimate of drug-likeness (QED) is 0.732. The third-order valence-electron chi connectivity index (χ3n) is 3.13. The number of ether oxygens (including phenoxy) is 1. The minimum atomic E-state index is -0.541. The first-order chi connectivity index (χ1) is 11.6. The van der Waals surface area contributed by atoms with E-state index in [2.05, 4.69) is 10.3 Å². The van der Waals surface area contributed by atoms with Crippen LogP contribution in [0.25, 0.3) is 0 Å². The van der Waals surface area contributed by atoms with Crippen molar-refractivity contribution < 1.29 is 13.9 Å². The fourth-order valence-electron chi connectivity index (χ4n) is 2.01. The van der Waals surface area contributed by atoms with Gasteiger partial charge in [0, 0.05) is 23.5 Å². The Morgan fingerprint density at radius 2 is 1.96 bits per heavy atom. The number of hydrogen-bond donors (Lipinski definition) is 1. The van der Waals surface area contributed by atoms with Gasteiger partial charge in [-0.1, -0.05) is 23.7 Å². The molecule has 0 aliphatic rings. The number of carbonyl (C=O) groups is 1. The van der Waals surface area contributed by atoms with Gasteiger partial charge in [-0.3, -0.25) is 4.79 Å². The highest BCUT2D eigenvalue weighted by molar-refractivity contribution is 6.31. The fraction of sp³-hybridized carbons (Fsp3) is 0. The van der Waals surface area contributed by atoms with Crippen LogP contribution in [-0.4, -0.2) is 10.9 Å². The molecule has 1 aromatic heterocycles. The van der Waals surface area contributed by atoms with Crippen molar-refractivity contribution in [3.05, 3.63) is 83.3 Å². The average Bonchev–Trinajstić information content (AvgIpc) is 2.59. The number of anilines is 1. The van der Waals surface area contributed by atoms with Crippen molar-refractivity contribution in [3.8, 4) is 11.6 Å². The first kappa shape index (κ1) is 16.0. The van der Waals surface area contributed by atoms with Crippen molar-refractivity contribution in [1.82, 2.24) is 4.98 Å². The minimum absolute atomic E-state index is 0.0555. The molecule has 1 amide bonds. The van der Waals surface area contributed by atoms with Crippen LogP contribution >= 0.6 is 11.6 Å². The maximum atomic E-state index is 13.2. The maximum Gasteiger partial charge on any atom is 0.255 e. The number of halogens is 2. The van der Waals surface area contributed by atoms with Gasteiger partial charge in [0.2, 0.25) is 5.88 Å². The Bertz CT molecular complexity index is 872. The zero-order valence-corrected chi connectivity index (χ0v) is 13.1. The molecule has 0 bridgehead atoms. The zero-order valence-electron chi connectivity index (χ0n) is 12.4. The zero-order chi connectivity index (χ0) is 16.9. The number of amides is 1. The van der Waals surface area contributed by atoms with Crippen LogP contribution in [0.15, 0.2) is 66.9 Å². The van der Waals surface area contributed by atoms with Gasteiger partial charge in [0.05, 0.1) is 5.02 Å². The molecule has 4 nitrogen and oxygen atoms in total. The Hall–Kier alpha value is -2.92. The fourth-order valence-corrected chi connectivity index (χ4v) is 2.19.